The van der Waals surface area contributed by atoms with Gasteiger partial charge in [-0.2, -0.15) is 61.5 Å². The number of nitrogens with one attached hydrogen (secondary N) is 2. The predicted octanol–water partition coefficient (Wildman–Crippen LogP) is 6.07. The minimum Gasteiger partial charge on any atom is -0.348 e. The van der Waals surface area contributed by atoms with E-state index in [1.165, 1.54) is 10.6 Å². The maximum atomic E-state index is 13.8. The highest BCUT2D eigenvalue weighted by atomic mass is 19.4. The summed E-state index contributed by atoms with van der Waals surface area (Å²) in [7, 11) is 1.73. The topological polar surface area (TPSA) is 76.7 Å². The van der Waals surface area contributed by atoms with Crippen LogP contribution in [0.25, 0.3) is 5.57 Å². The van der Waals surface area contributed by atoms with Crippen molar-refractivity contribution < 1.29 is 80.5 Å². The van der Waals surface area contributed by atoms with E-state index in [-0.39, 0.29) is 11.1 Å². The Labute approximate surface area is 225 Å². The molecule has 0 heterocycles. The Hall–Kier alpha value is -3.42. The third-order valence-corrected chi connectivity index (χ3v) is 5.78. The summed E-state index contributed by atoms with van der Waals surface area (Å²) >= 11 is 0. The number of ether oxygens (including phenoxy) is 2. The van der Waals surface area contributed by atoms with Crippen LogP contribution in [0.3, 0.4) is 0 Å². The number of carbonyl (C=O) groups is 2. The van der Waals surface area contributed by atoms with Crippen molar-refractivity contribution in [1.82, 2.24) is 5.32 Å². The van der Waals surface area contributed by atoms with Crippen LogP contribution in [0.4, 0.5) is 67.2 Å². The molecule has 1 aromatic rings. The number of allylic oxidation sites excluding steroid dienone is 2. The van der Waals surface area contributed by atoms with Gasteiger partial charge in [0.2, 0.25) is 5.79 Å². The van der Waals surface area contributed by atoms with Gasteiger partial charge in [0.05, 0.1) is 5.70 Å². The highest BCUT2D eigenvalue weighted by molar-refractivity contribution is 5.97. The van der Waals surface area contributed by atoms with E-state index in [4.69, 9.17) is 9.47 Å². The maximum absolute atomic E-state index is 13.8. The minimum atomic E-state index is -6.80. The van der Waals surface area contributed by atoms with Crippen molar-refractivity contribution in [2.24, 2.45) is 0 Å². The second-order valence-electron chi connectivity index (χ2n) is 8.39. The van der Waals surface area contributed by atoms with Gasteiger partial charge in [-0.05, 0) is 29.3 Å². The number of halogens is 14. The molecule has 2 N–H and O–H groups in total. The number of alkyl halides is 14. The predicted molar refractivity (Wildman–Crippen MR) is 113 cm³/mol. The Morgan fingerprint density at radius 2 is 1.07 bits per heavy atom. The molecule has 0 spiro atoms. The van der Waals surface area contributed by atoms with E-state index in [2.05, 4.69) is 0 Å². The first-order chi connectivity index (χ1) is 18.8. The normalized spacial score (nSPS) is 16.9. The molecule has 0 unspecified atom stereocenters. The molecule has 6 nitrogen and oxygen atoms in total. The van der Waals surface area contributed by atoms with E-state index in [0.717, 1.165) is 50.6 Å². The first-order valence-corrected chi connectivity index (χ1v) is 10.7. The van der Waals surface area contributed by atoms with Crippen molar-refractivity contribution in [3.8, 4) is 0 Å². The molecule has 0 saturated heterocycles. The van der Waals surface area contributed by atoms with Crippen molar-refractivity contribution in [2.45, 2.75) is 48.3 Å². The maximum Gasteiger partial charge on any atom is 0.460 e. The van der Waals surface area contributed by atoms with Crippen molar-refractivity contribution in [2.75, 3.05) is 19.5 Å². The smallest absolute Gasteiger partial charge is 0.348 e. The Balaban J connectivity index is 2.34. The highest BCUT2D eigenvalue weighted by Crippen LogP contribution is 2.48. The molecule has 0 saturated carbocycles. The van der Waals surface area contributed by atoms with Crippen LogP contribution in [0.1, 0.15) is 12.0 Å². The lowest BCUT2D eigenvalue weighted by Gasteiger charge is -2.37. The van der Waals surface area contributed by atoms with Gasteiger partial charge in [0, 0.05) is 26.3 Å². The number of carbonyl (C=O) groups excluding carboxylic acids is 2. The van der Waals surface area contributed by atoms with Crippen LogP contribution < -0.4 is 10.6 Å². The minimum absolute atomic E-state index is 0.0504. The molecule has 0 atom stereocenters. The summed E-state index contributed by atoms with van der Waals surface area (Å²) in [4.78, 5) is 23.3. The van der Waals surface area contributed by atoms with Gasteiger partial charge in [-0.3, -0.25) is 9.59 Å². The lowest BCUT2D eigenvalue weighted by atomic mass is 9.90. The van der Waals surface area contributed by atoms with Crippen LogP contribution in [-0.4, -0.2) is 67.9 Å². The second-order valence-corrected chi connectivity index (χ2v) is 8.39. The zero-order chi connectivity index (χ0) is 32.7. The van der Waals surface area contributed by atoms with Gasteiger partial charge < -0.3 is 20.1 Å². The summed E-state index contributed by atoms with van der Waals surface area (Å²) in [6.45, 7) is 0. The molecule has 0 fully saturated rings. The van der Waals surface area contributed by atoms with Crippen LogP contribution in [-0.2, 0) is 19.1 Å². The average molecular weight is 638 g/mol. The van der Waals surface area contributed by atoms with E-state index >= 15 is 0 Å². The monoisotopic (exact) mass is 638 g/mol. The van der Waals surface area contributed by atoms with Gasteiger partial charge in [-0.15, -0.1) is 0 Å². The van der Waals surface area contributed by atoms with Crippen LogP contribution in [0.2, 0.25) is 0 Å². The molecule has 0 radical (unpaired) electrons. The summed E-state index contributed by atoms with van der Waals surface area (Å²) in [6.07, 6.45) is -12.4. The third kappa shape index (κ3) is 5.90. The van der Waals surface area contributed by atoms with Crippen molar-refractivity contribution >= 4 is 23.1 Å². The SMILES string of the molecule is COC1(OC)CC(c2ccc(NC(=O)C(F)(F)C(F)(F)C(F)(F)F)cc2)=CC=C1NC(=O)C(F)(F)C(F)(F)C(F)(F)F. The molecule has 20 heteroatoms. The fourth-order valence-electron chi connectivity index (χ4n) is 3.32. The summed E-state index contributed by atoms with van der Waals surface area (Å²) in [5.41, 5.74) is -1.42. The zero-order valence-corrected chi connectivity index (χ0v) is 20.6. The van der Waals surface area contributed by atoms with Crippen LogP contribution in [0, 0.1) is 0 Å². The number of methoxy groups -OCH3 is 2. The summed E-state index contributed by atoms with van der Waals surface area (Å²) in [5, 5.41) is 2.39. The van der Waals surface area contributed by atoms with Crippen molar-refractivity contribution in [1.29, 1.82) is 0 Å². The quantitative estimate of drug-likeness (QED) is 0.255. The molecule has 1 aliphatic carbocycles. The Bertz CT molecular complexity index is 1250. The number of anilines is 1. The first kappa shape index (κ1) is 34.8. The fourth-order valence-corrected chi connectivity index (χ4v) is 3.32. The fraction of sp³-hybridized carbons (Fsp3) is 0.455. The third-order valence-electron chi connectivity index (χ3n) is 5.78. The molecular formula is C22H16F14N2O4. The zero-order valence-electron chi connectivity index (χ0n) is 20.6. The van der Waals surface area contributed by atoms with Gasteiger partial charge >= 0.3 is 47.9 Å². The van der Waals surface area contributed by atoms with E-state index in [9.17, 15) is 71.1 Å². The van der Waals surface area contributed by atoms with Gasteiger partial charge in [-0.25, -0.2) is 0 Å². The van der Waals surface area contributed by atoms with E-state index in [1.54, 1.807) is 0 Å². The summed E-state index contributed by atoms with van der Waals surface area (Å²) < 4.78 is 191. The lowest BCUT2D eigenvalue weighted by molar-refractivity contribution is -0.344. The Morgan fingerprint density at radius 3 is 1.45 bits per heavy atom. The Morgan fingerprint density at radius 1 is 0.667 bits per heavy atom. The first-order valence-electron chi connectivity index (χ1n) is 10.7. The number of rotatable bonds is 9. The summed E-state index contributed by atoms with van der Waals surface area (Å²) in [6, 6.07) is 3.54. The number of hydrogen-bond acceptors (Lipinski definition) is 4. The largest absolute Gasteiger partial charge is 0.460 e. The van der Waals surface area contributed by atoms with Crippen LogP contribution in [0.5, 0.6) is 0 Å². The molecule has 1 aromatic carbocycles. The number of benzene rings is 1. The number of amides is 2. The van der Waals surface area contributed by atoms with Gasteiger partial charge in [-0.1, -0.05) is 18.2 Å². The number of hydrogen-bond donors (Lipinski definition) is 2. The molecule has 1 aliphatic rings. The van der Waals surface area contributed by atoms with Gasteiger partial charge in [0.15, 0.2) is 0 Å². The molecule has 2 rings (SSSR count). The summed E-state index contributed by atoms with van der Waals surface area (Å²) in [5.74, 6) is -34.3. The average Bonchev–Trinajstić information content (AvgIpc) is 2.87. The van der Waals surface area contributed by atoms with Crippen molar-refractivity contribution in [3.63, 3.8) is 0 Å². The van der Waals surface area contributed by atoms with E-state index in [0.29, 0.717) is 0 Å². The second kappa shape index (κ2) is 11.0. The highest BCUT2D eigenvalue weighted by Gasteiger charge is 2.77. The van der Waals surface area contributed by atoms with E-state index < -0.39 is 71.4 Å². The molecule has 42 heavy (non-hydrogen) atoms. The molecule has 0 aliphatic heterocycles. The standard InChI is InChI=1S/C22H16F14N2O4/c1-41-16(42-2)9-11(5-8-13(16)38-15(40)18(25,26)20(29,30)22(34,35)36)10-3-6-12(7-4-10)37-14(39)17(23,24)19(27,28)21(31,32)33/h3-8H,9H2,1-2H3,(H,37,39)(H,38,40). The van der Waals surface area contributed by atoms with Gasteiger partial charge in [0.1, 0.15) is 0 Å². The Kier molecular flexibility index (Phi) is 9.12. The molecule has 236 valence electrons. The molecular weight excluding hydrogens is 622 g/mol. The molecule has 0 bridgehead atoms. The molecule has 2 amide bonds. The van der Waals surface area contributed by atoms with Crippen LogP contribution >= 0.6 is 0 Å². The van der Waals surface area contributed by atoms with E-state index in [1.807, 2.05) is 0 Å². The lowest BCUT2D eigenvalue weighted by Crippen LogP contribution is -2.60. The van der Waals surface area contributed by atoms with Crippen LogP contribution in [0.15, 0.2) is 42.1 Å². The van der Waals surface area contributed by atoms with Crippen molar-refractivity contribution in [3.05, 3.63) is 47.7 Å². The van der Waals surface area contributed by atoms with Gasteiger partial charge in [0.25, 0.3) is 0 Å². The molecule has 0 aromatic heterocycles.